The average molecular weight is 487 g/mol. The maximum atomic E-state index is 14.4. The molecule has 8 nitrogen and oxygen atoms in total. The number of carbonyl (C=O) groups excluding carboxylic acids is 2. The summed E-state index contributed by atoms with van der Waals surface area (Å²) in [5.74, 6) is -0.641. The molecule has 0 bridgehead atoms. The van der Waals surface area contributed by atoms with Crippen LogP contribution >= 0.6 is 11.8 Å². The Morgan fingerprint density at radius 2 is 1.76 bits per heavy atom. The van der Waals surface area contributed by atoms with Crippen LogP contribution in [0.1, 0.15) is 30.1 Å². The number of hydrogen-bond donors (Lipinski definition) is 0. The van der Waals surface area contributed by atoms with E-state index >= 15 is 0 Å². The smallest absolute Gasteiger partial charge is 0.269 e. The number of benzene rings is 2. The van der Waals surface area contributed by atoms with Crippen molar-refractivity contribution in [2.24, 2.45) is 0 Å². The van der Waals surface area contributed by atoms with Crippen molar-refractivity contribution in [1.29, 1.82) is 0 Å². The molecule has 0 aliphatic carbocycles. The molecule has 2 atom stereocenters. The first-order valence-electron chi connectivity index (χ1n) is 11.4. The number of nitro benzene ring substituents is 1. The zero-order chi connectivity index (χ0) is 24.2. The molecule has 2 aromatic rings. The van der Waals surface area contributed by atoms with Crippen LogP contribution in [0.15, 0.2) is 48.5 Å². The normalized spacial score (nSPS) is 20.5. The van der Waals surface area contributed by atoms with Gasteiger partial charge in [0, 0.05) is 49.8 Å². The van der Waals surface area contributed by atoms with Gasteiger partial charge in [-0.15, -0.1) is 11.8 Å². The topological polar surface area (TPSA) is 87.0 Å². The first-order valence-corrected chi connectivity index (χ1v) is 12.4. The van der Waals surface area contributed by atoms with Gasteiger partial charge in [-0.3, -0.25) is 19.7 Å². The molecule has 0 radical (unpaired) electrons. The van der Waals surface area contributed by atoms with Crippen molar-refractivity contribution in [3.8, 4) is 0 Å². The van der Waals surface area contributed by atoms with Gasteiger partial charge < -0.3 is 14.7 Å². The van der Waals surface area contributed by atoms with E-state index in [1.54, 1.807) is 45.8 Å². The molecule has 0 spiro atoms. The summed E-state index contributed by atoms with van der Waals surface area (Å²) in [6.07, 6.45) is 1.59. The second-order valence-corrected chi connectivity index (χ2v) is 9.58. The van der Waals surface area contributed by atoms with Gasteiger partial charge in [0.1, 0.15) is 11.9 Å². The summed E-state index contributed by atoms with van der Waals surface area (Å²) in [5, 5.41) is 10.7. The average Bonchev–Trinajstić information content (AvgIpc) is 3.27. The van der Waals surface area contributed by atoms with Gasteiger partial charge >= 0.3 is 0 Å². The van der Waals surface area contributed by atoms with Gasteiger partial charge in [-0.05, 0) is 30.7 Å². The minimum atomic E-state index is -0.625. The van der Waals surface area contributed by atoms with Gasteiger partial charge in [0.2, 0.25) is 5.91 Å². The third-order valence-electron chi connectivity index (χ3n) is 6.27. The Morgan fingerprint density at radius 3 is 2.38 bits per heavy atom. The van der Waals surface area contributed by atoms with Crippen LogP contribution in [0.4, 0.5) is 15.8 Å². The van der Waals surface area contributed by atoms with Crippen LogP contribution in [-0.4, -0.2) is 69.9 Å². The molecule has 4 rings (SSSR count). The third-order valence-corrected chi connectivity index (χ3v) is 7.62. The van der Waals surface area contributed by atoms with E-state index in [0.29, 0.717) is 31.9 Å². The number of piperazine rings is 1. The number of carbonyl (C=O) groups is 2. The van der Waals surface area contributed by atoms with E-state index in [9.17, 15) is 24.1 Å². The maximum Gasteiger partial charge on any atom is 0.269 e. The van der Waals surface area contributed by atoms with E-state index in [2.05, 4.69) is 4.90 Å². The summed E-state index contributed by atoms with van der Waals surface area (Å²) in [6, 6.07) is 11.7. The Balaban J connectivity index is 1.45. The second kappa shape index (κ2) is 10.4. The van der Waals surface area contributed by atoms with Crippen LogP contribution < -0.4 is 4.90 Å². The molecule has 180 valence electrons. The molecule has 2 amide bonds. The maximum absolute atomic E-state index is 14.4. The summed E-state index contributed by atoms with van der Waals surface area (Å²) >= 11 is 1.58. The highest BCUT2D eigenvalue weighted by atomic mass is 32.2. The van der Waals surface area contributed by atoms with E-state index in [1.807, 2.05) is 6.92 Å². The molecule has 34 heavy (non-hydrogen) atoms. The molecule has 2 saturated heterocycles. The molecule has 2 aromatic carbocycles. The monoisotopic (exact) mass is 486 g/mol. The van der Waals surface area contributed by atoms with Gasteiger partial charge in [0.05, 0.1) is 15.9 Å². The number of amides is 2. The molecule has 2 fully saturated rings. The fourth-order valence-electron chi connectivity index (χ4n) is 4.45. The van der Waals surface area contributed by atoms with E-state index < -0.39 is 22.7 Å². The van der Waals surface area contributed by atoms with Gasteiger partial charge in [-0.1, -0.05) is 25.5 Å². The van der Waals surface area contributed by atoms with Crippen molar-refractivity contribution in [3.05, 3.63) is 70.0 Å². The van der Waals surface area contributed by atoms with Crippen molar-refractivity contribution in [1.82, 2.24) is 9.80 Å². The molecule has 0 saturated carbocycles. The third kappa shape index (κ3) is 4.86. The fraction of sp³-hybridized carbons (Fsp3) is 0.417. The molecular weight excluding hydrogens is 459 g/mol. The highest BCUT2D eigenvalue weighted by Gasteiger charge is 2.43. The van der Waals surface area contributed by atoms with Gasteiger partial charge in [-0.25, -0.2) is 4.39 Å². The highest BCUT2D eigenvalue weighted by Crippen LogP contribution is 2.35. The minimum Gasteiger partial charge on any atom is -0.368 e. The molecular formula is C24H27FN4O4S. The van der Waals surface area contributed by atoms with Crippen molar-refractivity contribution < 1.29 is 18.9 Å². The quantitative estimate of drug-likeness (QED) is 0.456. The number of nitro groups is 1. The lowest BCUT2D eigenvalue weighted by atomic mass is 10.1. The Kier molecular flexibility index (Phi) is 7.35. The lowest BCUT2D eigenvalue weighted by Gasteiger charge is -2.38. The summed E-state index contributed by atoms with van der Waals surface area (Å²) in [6.45, 7) is 4.17. The SMILES string of the molecule is CCCC1SCC(C(=O)N2CCN(c3ccc([N+](=O)[O-])cc3)CC2)N1C(=O)c1ccccc1F. The number of non-ortho nitro benzene ring substituents is 1. The number of hydrogen-bond acceptors (Lipinski definition) is 6. The van der Waals surface area contributed by atoms with Gasteiger partial charge in [-0.2, -0.15) is 0 Å². The second-order valence-electron chi connectivity index (χ2n) is 8.37. The molecule has 2 heterocycles. The van der Waals surface area contributed by atoms with Gasteiger partial charge in [0.25, 0.3) is 11.6 Å². The summed E-state index contributed by atoms with van der Waals surface area (Å²) in [5.41, 5.74) is 0.901. The van der Waals surface area contributed by atoms with Crippen molar-refractivity contribution in [2.75, 3.05) is 36.8 Å². The van der Waals surface area contributed by atoms with Crippen LogP contribution in [0, 0.1) is 15.9 Å². The largest absolute Gasteiger partial charge is 0.368 e. The number of nitrogens with zero attached hydrogens (tertiary/aromatic N) is 4. The molecule has 2 unspecified atom stereocenters. The van der Waals surface area contributed by atoms with E-state index in [1.165, 1.54) is 24.3 Å². The van der Waals surface area contributed by atoms with Crippen molar-refractivity contribution in [3.63, 3.8) is 0 Å². The van der Waals surface area contributed by atoms with Crippen LogP contribution in [0.3, 0.4) is 0 Å². The Morgan fingerprint density at radius 1 is 1.09 bits per heavy atom. The van der Waals surface area contributed by atoms with Crippen LogP contribution in [-0.2, 0) is 4.79 Å². The minimum absolute atomic E-state index is 0.00751. The number of rotatable bonds is 6. The van der Waals surface area contributed by atoms with Crippen molar-refractivity contribution in [2.45, 2.75) is 31.2 Å². The zero-order valence-corrected chi connectivity index (χ0v) is 19.7. The summed E-state index contributed by atoms with van der Waals surface area (Å²) in [7, 11) is 0. The summed E-state index contributed by atoms with van der Waals surface area (Å²) in [4.78, 5) is 42.7. The number of thioether (sulfide) groups is 1. The number of anilines is 1. The Bertz CT molecular complexity index is 1060. The van der Waals surface area contributed by atoms with E-state index in [4.69, 9.17) is 0 Å². The molecule has 0 aromatic heterocycles. The van der Waals surface area contributed by atoms with Gasteiger partial charge in [0.15, 0.2) is 0 Å². The molecule has 10 heteroatoms. The highest BCUT2D eigenvalue weighted by molar-refractivity contribution is 8.00. The van der Waals surface area contributed by atoms with E-state index in [-0.39, 0.29) is 22.5 Å². The lowest BCUT2D eigenvalue weighted by molar-refractivity contribution is -0.384. The van der Waals surface area contributed by atoms with Crippen LogP contribution in [0.5, 0.6) is 0 Å². The van der Waals surface area contributed by atoms with Crippen LogP contribution in [0.2, 0.25) is 0 Å². The van der Waals surface area contributed by atoms with Crippen molar-refractivity contribution >= 4 is 35.0 Å². The van der Waals surface area contributed by atoms with Crippen LogP contribution in [0.25, 0.3) is 0 Å². The predicted molar refractivity (Wildman–Crippen MR) is 129 cm³/mol. The Hall–Kier alpha value is -3.14. The predicted octanol–water partition coefficient (Wildman–Crippen LogP) is 3.77. The molecule has 2 aliphatic rings. The van der Waals surface area contributed by atoms with E-state index in [0.717, 1.165) is 18.5 Å². The number of halogens is 1. The molecule has 2 aliphatic heterocycles. The first-order chi connectivity index (χ1) is 16.4. The summed E-state index contributed by atoms with van der Waals surface area (Å²) < 4.78 is 14.4. The molecule has 0 N–H and O–H groups in total. The zero-order valence-electron chi connectivity index (χ0n) is 18.9. The first kappa shape index (κ1) is 24.0. The Labute approximate surface area is 201 Å². The standard InChI is InChI=1S/C24H27FN4O4S/c1-2-5-22-28(23(30)19-6-3-4-7-20(19)25)21(16-34-22)24(31)27-14-12-26(13-15-27)17-8-10-18(11-9-17)29(32)33/h3-4,6-11,21-22H,2,5,12-16H2,1H3. The fourth-order valence-corrected chi connectivity index (χ4v) is 5.96. The lowest BCUT2D eigenvalue weighted by Crippen LogP contribution is -2.56.